The van der Waals surface area contributed by atoms with Crippen LogP contribution in [0.15, 0.2) is 23.3 Å². The molecule has 120 valence electrons. The molecule has 0 amide bonds. The number of allylic oxidation sites excluding steroid dienone is 2. The number of rotatable bonds is 0. The molecular formula is C18H24O4. The fourth-order valence-electron chi connectivity index (χ4n) is 5.58. The average Bonchev–Trinajstić information content (AvgIpc) is 2.37. The lowest BCUT2D eigenvalue weighted by molar-refractivity contribution is -0.203. The molecule has 2 N–H and O–H groups in total. The Morgan fingerprint density at radius 3 is 2.05 bits per heavy atom. The Kier molecular flexibility index (Phi) is 2.70. The van der Waals surface area contributed by atoms with Crippen LogP contribution in [0.2, 0.25) is 0 Å². The van der Waals surface area contributed by atoms with Crippen LogP contribution in [0.1, 0.15) is 41.5 Å². The van der Waals surface area contributed by atoms with Crippen molar-refractivity contribution in [3.05, 3.63) is 23.3 Å². The number of Topliss-reactive ketones (excluding diaryl/α,β-unsaturated/α-hetero) is 2. The molecule has 4 heteroatoms. The highest BCUT2D eigenvalue weighted by atomic mass is 16.3. The monoisotopic (exact) mass is 304 g/mol. The molecule has 0 aromatic carbocycles. The number of carbonyl (C=O) groups excluding carboxylic acids is 2. The first-order chi connectivity index (χ1) is 9.82. The van der Waals surface area contributed by atoms with Crippen molar-refractivity contribution in [3.63, 3.8) is 0 Å². The van der Waals surface area contributed by atoms with Crippen molar-refractivity contribution in [3.8, 4) is 0 Å². The Morgan fingerprint density at radius 2 is 1.50 bits per heavy atom. The number of hydrogen-bond acceptors (Lipinski definition) is 4. The lowest BCUT2D eigenvalue weighted by atomic mass is 9.37. The zero-order valence-corrected chi connectivity index (χ0v) is 14.0. The summed E-state index contributed by atoms with van der Waals surface area (Å²) in [7, 11) is 0. The van der Waals surface area contributed by atoms with Crippen molar-refractivity contribution in [2.75, 3.05) is 0 Å². The number of aliphatic hydroxyl groups is 2. The maximum atomic E-state index is 12.9. The van der Waals surface area contributed by atoms with Gasteiger partial charge in [0.05, 0.1) is 5.41 Å². The second kappa shape index (κ2) is 3.80. The van der Waals surface area contributed by atoms with Gasteiger partial charge in [0, 0.05) is 17.3 Å². The van der Waals surface area contributed by atoms with E-state index in [0.717, 1.165) is 5.57 Å². The molecule has 0 aromatic rings. The van der Waals surface area contributed by atoms with Gasteiger partial charge in [-0.25, -0.2) is 0 Å². The highest BCUT2D eigenvalue weighted by molar-refractivity contribution is 6.05. The minimum Gasteiger partial charge on any atom is -0.382 e. The third-order valence-corrected chi connectivity index (χ3v) is 6.58. The average molecular weight is 304 g/mol. The molecule has 1 saturated carbocycles. The predicted octanol–water partition coefficient (Wildman–Crippen LogP) is 1.80. The summed E-state index contributed by atoms with van der Waals surface area (Å²) in [5, 5.41) is 21.9. The standard InChI is InChI=1S/C18H24O4/c1-9-7-16(4)14(20)17(5,21)11(9)12-15(16,3)8-10(2)13(19)18(12,6)22/h7-8,11-12,21-22H,1-6H3/t11-,12+,15+,16-,17+,18+/m0/s1. The van der Waals surface area contributed by atoms with Crippen LogP contribution in [0.5, 0.6) is 0 Å². The molecule has 0 unspecified atom stereocenters. The largest absolute Gasteiger partial charge is 0.382 e. The van der Waals surface area contributed by atoms with Gasteiger partial charge in [0.1, 0.15) is 11.2 Å². The van der Waals surface area contributed by atoms with Gasteiger partial charge >= 0.3 is 0 Å². The van der Waals surface area contributed by atoms with Gasteiger partial charge in [0.15, 0.2) is 11.6 Å². The normalized spacial score (nSPS) is 54.0. The van der Waals surface area contributed by atoms with Gasteiger partial charge in [0.25, 0.3) is 0 Å². The molecule has 22 heavy (non-hydrogen) atoms. The molecule has 4 aliphatic carbocycles. The van der Waals surface area contributed by atoms with Gasteiger partial charge in [-0.15, -0.1) is 0 Å². The van der Waals surface area contributed by atoms with Crippen LogP contribution in [0.3, 0.4) is 0 Å². The fourth-order valence-corrected chi connectivity index (χ4v) is 5.58. The topological polar surface area (TPSA) is 74.6 Å². The Balaban J connectivity index is 2.41. The van der Waals surface area contributed by atoms with Crippen molar-refractivity contribution in [1.82, 2.24) is 0 Å². The second-order valence-corrected chi connectivity index (χ2v) is 8.11. The number of ketones is 2. The van der Waals surface area contributed by atoms with Gasteiger partial charge in [-0.1, -0.05) is 24.6 Å². The first-order valence-electron chi connectivity index (χ1n) is 7.75. The number of fused-ring (bicyclic) bond motifs is 1. The maximum Gasteiger partial charge on any atom is 0.189 e. The summed E-state index contributed by atoms with van der Waals surface area (Å²) in [6, 6.07) is 0. The van der Waals surface area contributed by atoms with E-state index in [9.17, 15) is 19.8 Å². The van der Waals surface area contributed by atoms with E-state index in [1.807, 2.05) is 32.9 Å². The van der Waals surface area contributed by atoms with Crippen molar-refractivity contribution in [1.29, 1.82) is 0 Å². The van der Waals surface area contributed by atoms with E-state index in [-0.39, 0.29) is 11.6 Å². The zero-order valence-electron chi connectivity index (χ0n) is 14.0. The maximum absolute atomic E-state index is 12.9. The van der Waals surface area contributed by atoms with Gasteiger partial charge in [-0.3, -0.25) is 9.59 Å². The Bertz CT molecular complexity index is 667. The summed E-state index contributed by atoms with van der Waals surface area (Å²) in [6.45, 7) is 10.3. The summed E-state index contributed by atoms with van der Waals surface area (Å²) in [5.74, 6) is -1.64. The first-order valence-corrected chi connectivity index (χ1v) is 7.75. The number of carbonyl (C=O) groups is 2. The second-order valence-electron chi connectivity index (χ2n) is 8.11. The third-order valence-electron chi connectivity index (χ3n) is 6.58. The van der Waals surface area contributed by atoms with Crippen LogP contribution in [-0.2, 0) is 9.59 Å². The molecular weight excluding hydrogens is 280 g/mol. The summed E-state index contributed by atoms with van der Waals surface area (Å²) < 4.78 is 0. The number of hydrogen-bond donors (Lipinski definition) is 2. The van der Waals surface area contributed by atoms with Crippen LogP contribution in [0.25, 0.3) is 0 Å². The van der Waals surface area contributed by atoms with Crippen molar-refractivity contribution in [2.24, 2.45) is 22.7 Å². The quantitative estimate of drug-likeness (QED) is 0.669. The summed E-state index contributed by atoms with van der Waals surface area (Å²) in [4.78, 5) is 25.5. The van der Waals surface area contributed by atoms with Crippen molar-refractivity contribution >= 4 is 11.6 Å². The first kappa shape index (κ1) is 15.6. The van der Waals surface area contributed by atoms with E-state index in [1.54, 1.807) is 6.92 Å². The van der Waals surface area contributed by atoms with Crippen LogP contribution >= 0.6 is 0 Å². The highest BCUT2D eigenvalue weighted by Gasteiger charge is 2.73. The minimum atomic E-state index is -1.60. The van der Waals surface area contributed by atoms with Crippen LogP contribution in [0, 0.1) is 22.7 Å². The molecule has 0 saturated heterocycles. The molecule has 4 aliphatic rings. The third kappa shape index (κ3) is 1.36. The van der Waals surface area contributed by atoms with Crippen molar-refractivity contribution in [2.45, 2.75) is 52.7 Å². The fraction of sp³-hybridized carbons (Fsp3) is 0.667. The molecule has 0 aromatic heterocycles. The molecule has 0 aliphatic heterocycles. The SMILES string of the molecule is CC1=C[C@]2(C)[C@@H]([C@@H]3C(C)=C[C@@]2(C)C(=O)[C@]3(C)O)[C@@](C)(O)C1=O. The predicted molar refractivity (Wildman–Crippen MR) is 82.0 cm³/mol. The van der Waals surface area contributed by atoms with Crippen LogP contribution in [0.4, 0.5) is 0 Å². The molecule has 4 rings (SSSR count). The van der Waals surface area contributed by atoms with E-state index < -0.39 is 33.9 Å². The summed E-state index contributed by atoms with van der Waals surface area (Å²) in [5.41, 5.74) is -3.45. The van der Waals surface area contributed by atoms with Crippen molar-refractivity contribution < 1.29 is 19.8 Å². The van der Waals surface area contributed by atoms with Gasteiger partial charge in [-0.2, -0.15) is 0 Å². The van der Waals surface area contributed by atoms with E-state index in [4.69, 9.17) is 0 Å². The zero-order chi connectivity index (χ0) is 16.9. The van der Waals surface area contributed by atoms with Gasteiger partial charge in [-0.05, 0) is 40.2 Å². The molecule has 1 fully saturated rings. The summed E-state index contributed by atoms with van der Waals surface area (Å²) in [6.07, 6.45) is 3.76. The van der Waals surface area contributed by atoms with Crippen LogP contribution in [-0.4, -0.2) is 33.0 Å². The summed E-state index contributed by atoms with van der Waals surface area (Å²) >= 11 is 0. The molecule has 0 spiro atoms. The minimum absolute atomic E-state index is 0.233. The van der Waals surface area contributed by atoms with E-state index in [2.05, 4.69) is 0 Å². The van der Waals surface area contributed by atoms with Gasteiger partial charge < -0.3 is 10.2 Å². The molecule has 2 bridgehead atoms. The molecule has 4 nitrogen and oxygen atoms in total. The lowest BCUT2D eigenvalue weighted by Gasteiger charge is -2.66. The Morgan fingerprint density at radius 1 is 0.955 bits per heavy atom. The van der Waals surface area contributed by atoms with E-state index >= 15 is 0 Å². The van der Waals surface area contributed by atoms with E-state index in [1.165, 1.54) is 13.8 Å². The lowest BCUT2D eigenvalue weighted by Crippen LogP contribution is -2.74. The Labute approximate surface area is 130 Å². The Hall–Kier alpha value is -1.26. The van der Waals surface area contributed by atoms with Crippen LogP contribution < -0.4 is 0 Å². The smallest absolute Gasteiger partial charge is 0.189 e. The molecule has 0 heterocycles. The van der Waals surface area contributed by atoms with E-state index in [0.29, 0.717) is 5.57 Å². The van der Waals surface area contributed by atoms with Gasteiger partial charge in [0.2, 0.25) is 0 Å². The molecule has 6 atom stereocenters. The molecule has 0 radical (unpaired) electrons. The highest BCUT2D eigenvalue weighted by Crippen LogP contribution is 2.67.